The molecule has 0 fully saturated rings. The second kappa shape index (κ2) is 9.72. The van der Waals surface area contributed by atoms with Gasteiger partial charge in [-0.2, -0.15) is 0 Å². The normalized spacial score (nSPS) is 18.7. The maximum Gasteiger partial charge on any atom is 0.0439 e. The monoisotopic (exact) mass is 682 g/mol. The van der Waals surface area contributed by atoms with E-state index in [0.717, 1.165) is 0 Å². The minimum atomic E-state index is -0.397. The Labute approximate surface area is 313 Å². The molecule has 0 N–H and O–H groups in total. The van der Waals surface area contributed by atoms with Crippen molar-refractivity contribution in [3.8, 4) is 22.3 Å². The van der Waals surface area contributed by atoms with Gasteiger partial charge in [0, 0.05) is 10.8 Å². The van der Waals surface area contributed by atoms with Crippen LogP contribution in [0.4, 0.5) is 0 Å². The Morgan fingerprint density at radius 1 is 0.315 bits per heavy atom. The van der Waals surface area contributed by atoms with E-state index in [4.69, 9.17) is 0 Å². The van der Waals surface area contributed by atoms with Crippen LogP contribution in [0.5, 0.6) is 0 Å². The molecule has 0 bridgehead atoms. The Balaban J connectivity index is 1.24. The Morgan fingerprint density at radius 2 is 0.685 bits per heavy atom. The molecule has 0 aliphatic heterocycles. The highest BCUT2D eigenvalue weighted by molar-refractivity contribution is 6.28. The van der Waals surface area contributed by atoms with Gasteiger partial charge in [0.05, 0.1) is 0 Å². The van der Waals surface area contributed by atoms with Crippen LogP contribution in [0, 0.1) is 0 Å². The molecule has 2 unspecified atom stereocenters. The van der Waals surface area contributed by atoms with Crippen molar-refractivity contribution in [1.82, 2.24) is 0 Å². The van der Waals surface area contributed by atoms with Crippen molar-refractivity contribution in [1.29, 1.82) is 0 Å². The summed E-state index contributed by atoms with van der Waals surface area (Å²) in [5.74, 6) is 0. The fraction of sp³-hybridized carbons (Fsp3) is 0.0741. The molecule has 2 aliphatic carbocycles. The summed E-state index contributed by atoms with van der Waals surface area (Å²) in [5, 5.41) is 16.1. The van der Waals surface area contributed by atoms with Crippen molar-refractivity contribution in [3.05, 3.63) is 203 Å². The van der Waals surface area contributed by atoms with Crippen LogP contribution in [0.2, 0.25) is 0 Å². The zero-order chi connectivity index (χ0) is 35.5. The molecule has 11 aromatic carbocycles. The van der Waals surface area contributed by atoms with Gasteiger partial charge in [0.15, 0.2) is 0 Å². The molecular formula is C54H34. The average molecular weight is 683 g/mol. The zero-order valence-electron chi connectivity index (χ0n) is 30.2. The highest BCUT2D eigenvalue weighted by Crippen LogP contribution is 2.65. The summed E-state index contributed by atoms with van der Waals surface area (Å²) >= 11 is 0. The van der Waals surface area contributed by atoms with E-state index < -0.39 is 10.8 Å². The summed E-state index contributed by atoms with van der Waals surface area (Å²) in [5.41, 5.74) is 13.1. The minimum absolute atomic E-state index is 0.397. The Hall–Kier alpha value is -6.50. The van der Waals surface area contributed by atoms with Gasteiger partial charge in [-0.25, -0.2) is 0 Å². The minimum Gasteiger partial charge on any atom is -0.0622 e. The summed E-state index contributed by atoms with van der Waals surface area (Å²) in [6, 6.07) is 65.0. The molecule has 0 saturated carbocycles. The number of hydrogen-bond donors (Lipinski definition) is 0. The van der Waals surface area contributed by atoms with Gasteiger partial charge in [-0.05, 0) is 146 Å². The average Bonchev–Trinajstić information content (AvgIpc) is 3.65. The van der Waals surface area contributed by atoms with Crippen molar-refractivity contribution in [2.45, 2.75) is 24.7 Å². The van der Waals surface area contributed by atoms with Gasteiger partial charge in [-0.1, -0.05) is 158 Å². The van der Waals surface area contributed by atoms with Gasteiger partial charge < -0.3 is 0 Å². The van der Waals surface area contributed by atoms with Crippen LogP contribution in [-0.4, -0.2) is 0 Å². The second-order valence-corrected chi connectivity index (χ2v) is 16.2. The SMILES string of the molecule is CC1(c2ccccc2)c2cc3ccc4cccc5ccc(c2-c2ccc6c(c21)C(C)(c1ccccc1)c1cc2ccc7cccc8ccc(c1-6)c2c78)c3c45. The summed E-state index contributed by atoms with van der Waals surface area (Å²) < 4.78 is 0. The molecule has 0 saturated heterocycles. The van der Waals surface area contributed by atoms with Gasteiger partial charge in [0.2, 0.25) is 0 Å². The van der Waals surface area contributed by atoms with E-state index in [0.29, 0.717) is 0 Å². The quantitative estimate of drug-likeness (QED) is 0.159. The van der Waals surface area contributed by atoms with Crippen LogP contribution >= 0.6 is 0 Å². The van der Waals surface area contributed by atoms with Gasteiger partial charge in [-0.3, -0.25) is 0 Å². The molecule has 13 rings (SSSR count). The lowest BCUT2D eigenvalue weighted by Gasteiger charge is -2.36. The van der Waals surface area contributed by atoms with E-state index in [9.17, 15) is 0 Å². The van der Waals surface area contributed by atoms with Crippen LogP contribution in [0.3, 0.4) is 0 Å². The number of benzene rings is 11. The summed E-state index contributed by atoms with van der Waals surface area (Å²) in [7, 11) is 0. The molecule has 0 aromatic heterocycles. The first-order valence-electron chi connectivity index (χ1n) is 19.3. The van der Waals surface area contributed by atoms with Crippen molar-refractivity contribution in [2.24, 2.45) is 0 Å². The molecule has 0 heterocycles. The topological polar surface area (TPSA) is 0 Å². The van der Waals surface area contributed by atoms with Crippen LogP contribution in [0.1, 0.15) is 47.2 Å². The van der Waals surface area contributed by atoms with Crippen molar-refractivity contribution >= 4 is 64.6 Å². The zero-order valence-corrected chi connectivity index (χ0v) is 30.2. The molecule has 0 amide bonds. The number of rotatable bonds is 2. The summed E-state index contributed by atoms with van der Waals surface area (Å²) in [6.07, 6.45) is 0. The first kappa shape index (κ1) is 29.0. The van der Waals surface area contributed by atoms with Crippen molar-refractivity contribution < 1.29 is 0 Å². The molecule has 2 atom stereocenters. The largest absolute Gasteiger partial charge is 0.0622 e. The van der Waals surface area contributed by atoms with Gasteiger partial charge >= 0.3 is 0 Å². The van der Waals surface area contributed by atoms with E-state index in [1.807, 2.05) is 0 Å². The number of fused-ring (bicyclic) bond motifs is 9. The summed E-state index contributed by atoms with van der Waals surface area (Å²) in [6.45, 7) is 5.03. The van der Waals surface area contributed by atoms with E-state index in [1.165, 1.54) is 120 Å². The van der Waals surface area contributed by atoms with E-state index >= 15 is 0 Å². The third-order valence-corrected chi connectivity index (χ3v) is 13.8. The highest BCUT2D eigenvalue weighted by atomic mass is 14.5. The lowest BCUT2D eigenvalue weighted by molar-refractivity contribution is 0.653. The number of hydrogen-bond acceptors (Lipinski definition) is 0. The molecule has 250 valence electrons. The maximum atomic E-state index is 2.54. The first-order valence-corrected chi connectivity index (χ1v) is 19.3. The van der Waals surface area contributed by atoms with Crippen LogP contribution in [0.15, 0.2) is 170 Å². The van der Waals surface area contributed by atoms with Gasteiger partial charge in [-0.15, -0.1) is 0 Å². The standard InChI is InChI=1S/C54H34/c1-53(37-15-5-3-6-16-37)43-29-35-21-19-31-11-9-13-33-23-25-39(47(35)45(31)33)49(43)41-27-28-42-50-40-26-24-34-14-10-12-32-20-22-36(48(40)46(32)34)30-44(50)54(2,52(42)51(41)53)38-17-7-4-8-18-38/h3-30H,1-2H3. The molecule has 54 heavy (non-hydrogen) atoms. The maximum absolute atomic E-state index is 2.54. The molecule has 11 aromatic rings. The van der Waals surface area contributed by atoms with E-state index in [-0.39, 0.29) is 0 Å². The fourth-order valence-corrected chi connectivity index (χ4v) is 11.5. The van der Waals surface area contributed by atoms with Gasteiger partial charge in [0.25, 0.3) is 0 Å². The second-order valence-electron chi connectivity index (χ2n) is 16.2. The molecule has 0 spiro atoms. The molecule has 0 heteroatoms. The predicted molar refractivity (Wildman–Crippen MR) is 229 cm³/mol. The molecule has 0 radical (unpaired) electrons. The first-order chi connectivity index (χ1) is 26.5. The van der Waals surface area contributed by atoms with Crippen LogP contribution < -0.4 is 0 Å². The molecule has 0 nitrogen and oxygen atoms in total. The van der Waals surface area contributed by atoms with E-state index in [1.54, 1.807) is 0 Å². The third kappa shape index (κ3) is 3.25. The lowest BCUT2D eigenvalue weighted by Crippen LogP contribution is -2.30. The fourth-order valence-electron chi connectivity index (χ4n) is 11.5. The van der Waals surface area contributed by atoms with Crippen molar-refractivity contribution in [3.63, 3.8) is 0 Å². The van der Waals surface area contributed by atoms with E-state index in [2.05, 4.69) is 184 Å². The Bertz CT molecular complexity index is 3130. The van der Waals surface area contributed by atoms with Gasteiger partial charge in [0.1, 0.15) is 0 Å². The molecular weight excluding hydrogens is 649 g/mol. The smallest absolute Gasteiger partial charge is 0.0439 e. The van der Waals surface area contributed by atoms with Crippen LogP contribution in [-0.2, 0) is 10.8 Å². The summed E-state index contributed by atoms with van der Waals surface area (Å²) in [4.78, 5) is 0. The predicted octanol–water partition coefficient (Wildman–Crippen LogP) is 14.2. The third-order valence-electron chi connectivity index (χ3n) is 13.8. The Morgan fingerprint density at radius 3 is 1.09 bits per heavy atom. The lowest BCUT2D eigenvalue weighted by atomic mass is 9.66. The van der Waals surface area contributed by atoms with Crippen molar-refractivity contribution in [2.75, 3.05) is 0 Å². The Kier molecular flexibility index (Phi) is 5.22. The highest BCUT2D eigenvalue weighted by Gasteiger charge is 2.51. The molecule has 2 aliphatic rings. The van der Waals surface area contributed by atoms with Crippen LogP contribution in [0.25, 0.3) is 86.9 Å².